The Labute approximate surface area is 118 Å². The van der Waals surface area contributed by atoms with Gasteiger partial charge in [-0.15, -0.1) is 11.3 Å². The first-order chi connectivity index (χ1) is 9.17. The first-order valence-electron chi connectivity index (χ1n) is 7.10. The van der Waals surface area contributed by atoms with E-state index in [4.69, 9.17) is 0 Å². The number of carbonyl (C=O) groups is 1. The first-order valence-corrected chi connectivity index (χ1v) is 7.92. The SMILES string of the molecule is CCc1cnc([C@@H](C)NC(=O)[C@H]2C[C@H]3C=C[C@H]2C3)s1. The Morgan fingerprint density at radius 2 is 2.37 bits per heavy atom. The maximum atomic E-state index is 12.3. The molecule has 1 fully saturated rings. The highest BCUT2D eigenvalue weighted by Crippen LogP contribution is 2.43. The second-order valence-corrected chi connectivity index (χ2v) is 6.78. The van der Waals surface area contributed by atoms with Crippen LogP contribution in [0.4, 0.5) is 0 Å². The van der Waals surface area contributed by atoms with Gasteiger partial charge in [0.05, 0.1) is 6.04 Å². The quantitative estimate of drug-likeness (QED) is 0.859. The average molecular weight is 276 g/mol. The molecule has 2 aliphatic rings. The second-order valence-electron chi connectivity index (χ2n) is 5.64. The number of nitrogens with zero attached hydrogens (tertiary/aromatic N) is 1. The van der Waals surface area contributed by atoms with E-state index in [1.165, 1.54) is 11.3 Å². The average Bonchev–Trinajstić information content (AvgIpc) is 3.13. The zero-order valence-corrected chi connectivity index (χ0v) is 12.2. The molecule has 0 spiro atoms. The lowest BCUT2D eigenvalue weighted by molar-refractivity contribution is -0.126. The molecule has 2 aliphatic carbocycles. The van der Waals surface area contributed by atoms with Crippen LogP contribution < -0.4 is 5.32 Å². The van der Waals surface area contributed by atoms with Gasteiger partial charge in [-0.3, -0.25) is 4.79 Å². The van der Waals surface area contributed by atoms with Gasteiger partial charge in [0.1, 0.15) is 5.01 Å². The summed E-state index contributed by atoms with van der Waals surface area (Å²) in [7, 11) is 0. The van der Waals surface area contributed by atoms with Crippen molar-refractivity contribution in [1.82, 2.24) is 10.3 Å². The van der Waals surface area contributed by atoms with Crippen molar-refractivity contribution in [3.63, 3.8) is 0 Å². The number of hydrogen-bond acceptors (Lipinski definition) is 3. The number of aromatic nitrogens is 1. The van der Waals surface area contributed by atoms with E-state index >= 15 is 0 Å². The Hall–Kier alpha value is -1.16. The topological polar surface area (TPSA) is 42.0 Å². The molecule has 0 aliphatic heterocycles. The standard InChI is InChI=1S/C15H20N2OS/c1-3-12-8-16-15(19-12)9(2)17-14(18)13-7-10-4-5-11(13)6-10/h4-5,8-11,13H,3,6-7H2,1-2H3,(H,17,18)/t9-,10+,11+,13+/m1/s1. The third-order valence-electron chi connectivity index (χ3n) is 4.26. The summed E-state index contributed by atoms with van der Waals surface area (Å²) in [6, 6.07) is 0.0286. The van der Waals surface area contributed by atoms with Crippen molar-refractivity contribution in [2.75, 3.05) is 0 Å². The lowest BCUT2D eigenvalue weighted by Gasteiger charge is -2.20. The van der Waals surface area contributed by atoms with Crippen molar-refractivity contribution >= 4 is 17.2 Å². The van der Waals surface area contributed by atoms with Crippen LogP contribution in [0.2, 0.25) is 0 Å². The van der Waals surface area contributed by atoms with Crippen LogP contribution in [0.1, 0.15) is 42.6 Å². The van der Waals surface area contributed by atoms with Crippen LogP contribution in [0, 0.1) is 17.8 Å². The number of rotatable bonds is 4. The fourth-order valence-corrected chi connectivity index (χ4v) is 4.01. The number of fused-ring (bicyclic) bond motifs is 2. The molecule has 2 bridgehead atoms. The molecule has 3 nitrogen and oxygen atoms in total. The monoisotopic (exact) mass is 276 g/mol. The van der Waals surface area contributed by atoms with E-state index in [0.29, 0.717) is 11.8 Å². The fourth-order valence-electron chi connectivity index (χ4n) is 3.15. The van der Waals surface area contributed by atoms with Gasteiger partial charge in [-0.05, 0) is 38.0 Å². The number of thiazole rings is 1. The molecule has 0 unspecified atom stereocenters. The van der Waals surface area contributed by atoms with E-state index in [0.717, 1.165) is 17.8 Å². The molecule has 1 aromatic heterocycles. The van der Waals surface area contributed by atoms with Crippen LogP contribution in [0.25, 0.3) is 0 Å². The molecule has 3 rings (SSSR count). The number of aryl methyl sites for hydroxylation is 1. The molecule has 1 aromatic rings. The highest BCUT2D eigenvalue weighted by molar-refractivity contribution is 7.11. The van der Waals surface area contributed by atoms with Gasteiger partial charge in [0.15, 0.2) is 0 Å². The number of carbonyl (C=O) groups excluding carboxylic acids is 1. The molecular formula is C15H20N2OS. The zero-order valence-electron chi connectivity index (χ0n) is 11.4. The van der Waals surface area contributed by atoms with E-state index in [1.807, 2.05) is 13.1 Å². The van der Waals surface area contributed by atoms with Crippen LogP contribution in [-0.2, 0) is 11.2 Å². The van der Waals surface area contributed by atoms with Crippen LogP contribution in [0.5, 0.6) is 0 Å². The van der Waals surface area contributed by atoms with Crippen LogP contribution in [0.15, 0.2) is 18.3 Å². The minimum Gasteiger partial charge on any atom is -0.347 e. The summed E-state index contributed by atoms with van der Waals surface area (Å²) in [6.07, 6.45) is 9.62. The molecule has 0 saturated heterocycles. The maximum Gasteiger partial charge on any atom is 0.224 e. The highest BCUT2D eigenvalue weighted by Gasteiger charge is 2.40. The van der Waals surface area contributed by atoms with Gasteiger partial charge >= 0.3 is 0 Å². The Kier molecular flexibility index (Phi) is 3.44. The molecule has 102 valence electrons. The molecule has 1 amide bonds. The smallest absolute Gasteiger partial charge is 0.224 e. The summed E-state index contributed by atoms with van der Waals surface area (Å²) in [5.74, 6) is 1.50. The van der Waals surface area contributed by atoms with Gasteiger partial charge in [-0.1, -0.05) is 19.1 Å². The molecule has 0 aromatic carbocycles. The maximum absolute atomic E-state index is 12.3. The lowest BCUT2D eigenvalue weighted by atomic mass is 9.92. The number of amides is 1. The van der Waals surface area contributed by atoms with Crippen molar-refractivity contribution in [3.8, 4) is 0 Å². The van der Waals surface area contributed by atoms with Gasteiger partial charge in [0, 0.05) is 17.0 Å². The van der Waals surface area contributed by atoms with Gasteiger partial charge in [-0.2, -0.15) is 0 Å². The van der Waals surface area contributed by atoms with Crippen molar-refractivity contribution in [1.29, 1.82) is 0 Å². The summed E-state index contributed by atoms with van der Waals surface area (Å²) in [5, 5.41) is 4.15. The van der Waals surface area contributed by atoms with Crippen LogP contribution in [0.3, 0.4) is 0 Å². The fraction of sp³-hybridized carbons (Fsp3) is 0.600. The van der Waals surface area contributed by atoms with E-state index in [2.05, 4.69) is 29.4 Å². The van der Waals surface area contributed by atoms with E-state index < -0.39 is 0 Å². The summed E-state index contributed by atoms with van der Waals surface area (Å²) in [5.41, 5.74) is 0. The van der Waals surface area contributed by atoms with Crippen molar-refractivity contribution in [2.24, 2.45) is 17.8 Å². The predicted molar refractivity (Wildman–Crippen MR) is 76.9 cm³/mol. The van der Waals surface area contributed by atoms with E-state index in [-0.39, 0.29) is 17.9 Å². The number of allylic oxidation sites excluding steroid dienone is 2. The normalized spacial score (nSPS) is 29.7. The molecule has 4 heteroatoms. The van der Waals surface area contributed by atoms with Gasteiger partial charge in [-0.25, -0.2) is 4.98 Å². The largest absolute Gasteiger partial charge is 0.347 e. The summed E-state index contributed by atoms with van der Waals surface area (Å²) in [4.78, 5) is 18.0. The van der Waals surface area contributed by atoms with Crippen molar-refractivity contribution in [3.05, 3.63) is 28.2 Å². The van der Waals surface area contributed by atoms with Crippen molar-refractivity contribution in [2.45, 2.75) is 39.2 Å². The van der Waals surface area contributed by atoms with Gasteiger partial charge in [0.2, 0.25) is 5.91 Å². The summed E-state index contributed by atoms with van der Waals surface area (Å²) < 4.78 is 0. The zero-order chi connectivity index (χ0) is 13.4. The minimum atomic E-state index is 0.0286. The predicted octanol–water partition coefficient (Wildman–Crippen LogP) is 3.09. The molecule has 1 N–H and O–H groups in total. The minimum absolute atomic E-state index is 0.0286. The third-order valence-corrected chi connectivity index (χ3v) is 5.59. The van der Waals surface area contributed by atoms with E-state index in [9.17, 15) is 4.79 Å². The number of nitrogens with one attached hydrogen (secondary N) is 1. The second kappa shape index (κ2) is 5.08. The molecule has 1 saturated carbocycles. The van der Waals surface area contributed by atoms with Crippen LogP contribution in [-0.4, -0.2) is 10.9 Å². The lowest BCUT2D eigenvalue weighted by Crippen LogP contribution is -2.34. The Balaban J connectivity index is 1.61. The number of hydrogen-bond donors (Lipinski definition) is 1. The first kappa shape index (κ1) is 12.9. The molecule has 4 atom stereocenters. The highest BCUT2D eigenvalue weighted by atomic mass is 32.1. The summed E-state index contributed by atoms with van der Waals surface area (Å²) in [6.45, 7) is 4.15. The third kappa shape index (κ3) is 2.46. The Morgan fingerprint density at radius 3 is 2.95 bits per heavy atom. The van der Waals surface area contributed by atoms with Gasteiger partial charge in [0.25, 0.3) is 0 Å². The van der Waals surface area contributed by atoms with Gasteiger partial charge < -0.3 is 5.32 Å². The van der Waals surface area contributed by atoms with E-state index in [1.54, 1.807) is 11.3 Å². The van der Waals surface area contributed by atoms with Crippen LogP contribution >= 0.6 is 11.3 Å². The molecule has 1 heterocycles. The molecule has 0 radical (unpaired) electrons. The van der Waals surface area contributed by atoms with Crippen molar-refractivity contribution < 1.29 is 4.79 Å². The molecule has 19 heavy (non-hydrogen) atoms. The summed E-state index contributed by atoms with van der Waals surface area (Å²) >= 11 is 1.70. The Bertz CT molecular complexity index is 508. The molecular weight excluding hydrogens is 256 g/mol. The Morgan fingerprint density at radius 1 is 1.53 bits per heavy atom.